The van der Waals surface area contributed by atoms with Gasteiger partial charge in [-0.05, 0) is 37.1 Å². The molecule has 0 unspecified atom stereocenters. The van der Waals surface area contributed by atoms with Crippen molar-refractivity contribution < 1.29 is 9.53 Å². The van der Waals surface area contributed by atoms with Crippen molar-refractivity contribution in [2.75, 3.05) is 26.2 Å². The lowest BCUT2D eigenvalue weighted by molar-refractivity contribution is -0.144. The van der Waals surface area contributed by atoms with E-state index in [0.29, 0.717) is 6.61 Å². The van der Waals surface area contributed by atoms with Crippen molar-refractivity contribution in [3.63, 3.8) is 0 Å². The number of ether oxygens (including phenoxy) is 1. The van der Waals surface area contributed by atoms with E-state index in [9.17, 15) is 4.79 Å². The van der Waals surface area contributed by atoms with Gasteiger partial charge in [0.05, 0.1) is 0 Å². The maximum atomic E-state index is 12.7. The molecule has 0 amide bonds. The number of hydrogen-bond acceptors (Lipinski definition) is 3. The van der Waals surface area contributed by atoms with Crippen LogP contribution in [0.1, 0.15) is 29.9 Å². The van der Waals surface area contributed by atoms with Crippen LogP contribution in [0, 0.1) is 0 Å². The summed E-state index contributed by atoms with van der Waals surface area (Å²) in [4.78, 5) is 15.0. The fourth-order valence-corrected chi connectivity index (χ4v) is 3.12. The highest BCUT2D eigenvalue weighted by Crippen LogP contribution is 2.25. The van der Waals surface area contributed by atoms with E-state index in [2.05, 4.69) is 4.90 Å². The van der Waals surface area contributed by atoms with Crippen LogP contribution in [-0.4, -0.2) is 37.1 Å². The number of benzene rings is 2. The maximum absolute atomic E-state index is 12.7. The van der Waals surface area contributed by atoms with E-state index in [1.54, 1.807) is 0 Å². The van der Waals surface area contributed by atoms with E-state index in [1.165, 1.54) is 12.8 Å². The number of rotatable bonds is 6. The lowest BCUT2D eigenvalue weighted by atomic mass is 9.91. The van der Waals surface area contributed by atoms with Crippen LogP contribution >= 0.6 is 0 Å². The zero-order valence-corrected chi connectivity index (χ0v) is 13.4. The Kier molecular flexibility index (Phi) is 5.43. The first kappa shape index (κ1) is 15.8. The van der Waals surface area contributed by atoms with E-state index in [-0.39, 0.29) is 11.9 Å². The molecule has 0 aromatic heterocycles. The van der Waals surface area contributed by atoms with Crippen molar-refractivity contribution in [2.24, 2.45) is 0 Å². The molecule has 1 saturated heterocycles. The van der Waals surface area contributed by atoms with Crippen LogP contribution in [0.25, 0.3) is 0 Å². The van der Waals surface area contributed by atoms with Crippen molar-refractivity contribution in [2.45, 2.75) is 18.8 Å². The van der Waals surface area contributed by atoms with Gasteiger partial charge in [-0.15, -0.1) is 0 Å². The zero-order valence-electron chi connectivity index (χ0n) is 13.4. The van der Waals surface area contributed by atoms with Gasteiger partial charge in [0.1, 0.15) is 12.5 Å². The van der Waals surface area contributed by atoms with Crippen LogP contribution in [-0.2, 0) is 9.53 Å². The summed E-state index contributed by atoms with van der Waals surface area (Å²) in [5, 5.41) is 0. The predicted molar refractivity (Wildman–Crippen MR) is 91.4 cm³/mol. The van der Waals surface area contributed by atoms with Gasteiger partial charge >= 0.3 is 5.97 Å². The quantitative estimate of drug-likeness (QED) is 0.765. The Labute approximate surface area is 137 Å². The molecule has 23 heavy (non-hydrogen) atoms. The zero-order chi connectivity index (χ0) is 15.9. The summed E-state index contributed by atoms with van der Waals surface area (Å²) in [7, 11) is 0. The van der Waals surface area contributed by atoms with Crippen molar-refractivity contribution in [1.29, 1.82) is 0 Å². The lowest BCUT2D eigenvalue weighted by Crippen LogP contribution is -2.27. The van der Waals surface area contributed by atoms with Gasteiger partial charge in [-0.25, -0.2) is 0 Å². The molecule has 0 bridgehead atoms. The fraction of sp³-hybridized carbons (Fsp3) is 0.350. The molecule has 120 valence electrons. The van der Waals surface area contributed by atoms with Gasteiger partial charge < -0.3 is 4.74 Å². The lowest BCUT2D eigenvalue weighted by Gasteiger charge is -2.19. The Balaban J connectivity index is 1.69. The molecule has 3 heteroatoms. The molecule has 0 atom stereocenters. The molecule has 1 aliphatic rings. The van der Waals surface area contributed by atoms with Gasteiger partial charge in [0.25, 0.3) is 0 Å². The second-order valence-corrected chi connectivity index (χ2v) is 5.97. The molecule has 0 spiro atoms. The van der Waals surface area contributed by atoms with Crippen molar-refractivity contribution in [1.82, 2.24) is 4.90 Å². The molecule has 1 fully saturated rings. The van der Waals surface area contributed by atoms with Crippen LogP contribution < -0.4 is 0 Å². The van der Waals surface area contributed by atoms with E-state index in [0.717, 1.165) is 30.8 Å². The van der Waals surface area contributed by atoms with Crippen LogP contribution in [0.3, 0.4) is 0 Å². The fourth-order valence-electron chi connectivity index (χ4n) is 3.12. The normalized spacial score (nSPS) is 15.0. The second kappa shape index (κ2) is 7.93. The van der Waals surface area contributed by atoms with E-state index >= 15 is 0 Å². The number of likely N-dealkylation sites (tertiary alicyclic amines) is 1. The van der Waals surface area contributed by atoms with Crippen molar-refractivity contribution in [3.8, 4) is 0 Å². The number of carbonyl (C=O) groups excluding carboxylic acids is 1. The number of carbonyl (C=O) groups is 1. The van der Waals surface area contributed by atoms with E-state index in [4.69, 9.17) is 4.74 Å². The molecule has 2 aromatic carbocycles. The Hall–Kier alpha value is -2.13. The van der Waals surface area contributed by atoms with Gasteiger partial charge in [-0.2, -0.15) is 0 Å². The van der Waals surface area contributed by atoms with Gasteiger partial charge in [-0.1, -0.05) is 60.7 Å². The molecule has 0 N–H and O–H groups in total. The summed E-state index contributed by atoms with van der Waals surface area (Å²) in [5.74, 6) is -0.516. The predicted octanol–water partition coefficient (Wildman–Crippen LogP) is 3.46. The SMILES string of the molecule is O=C(OCCN1CCCC1)C(c1ccccc1)c1ccccc1. The van der Waals surface area contributed by atoms with Crippen LogP contribution in [0.15, 0.2) is 60.7 Å². The minimum absolute atomic E-state index is 0.165. The maximum Gasteiger partial charge on any atom is 0.317 e. The highest BCUT2D eigenvalue weighted by atomic mass is 16.5. The first-order chi connectivity index (χ1) is 11.3. The van der Waals surface area contributed by atoms with Gasteiger partial charge in [0.15, 0.2) is 0 Å². The first-order valence-electron chi connectivity index (χ1n) is 8.33. The van der Waals surface area contributed by atoms with Gasteiger partial charge in [0, 0.05) is 6.54 Å². The van der Waals surface area contributed by atoms with Crippen LogP contribution in [0.2, 0.25) is 0 Å². The Morgan fingerprint density at radius 1 is 0.913 bits per heavy atom. The van der Waals surface area contributed by atoms with Gasteiger partial charge in [0.2, 0.25) is 0 Å². The summed E-state index contributed by atoms with van der Waals surface area (Å²) >= 11 is 0. The molecule has 0 radical (unpaired) electrons. The molecule has 2 aromatic rings. The number of hydrogen-bond donors (Lipinski definition) is 0. The van der Waals surface area contributed by atoms with Crippen LogP contribution in [0.5, 0.6) is 0 Å². The van der Waals surface area contributed by atoms with Crippen molar-refractivity contribution >= 4 is 5.97 Å². The second-order valence-electron chi connectivity index (χ2n) is 5.97. The molecule has 0 saturated carbocycles. The number of esters is 1. The first-order valence-corrected chi connectivity index (χ1v) is 8.33. The highest BCUT2D eigenvalue weighted by Gasteiger charge is 2.24. The molecule has 1 aliphatic heterocycles. The summed E-state index contributed by atoms with van der Waals surface area (Å²) < 4.78 is 5.59. The molecule has 1 heterocycles. The summed E-state index contributed by atoms with van der Waals surface area (Å²) in [6, 6.07) is 19.7. The monoisotopic (exact) mass is 309 g/mol. The van der Waals surface area contributed by atoms with E-state index < -0.39 is 0 Å². The molecule has 0 aliphatic carbocycles. The Morgan fingerprint density at radius 2 is 1.43 bits per heavy atom. The minimum atomic E-state index is -0.351. The molecular weight excluding hydrogens is 286 g/mol. The Bertz CT molecular complexity index is 567. The van der Waals surface area contributed by atoms with Gasteiger partial charge in [-0.3, -0.25) is 9.69 Å². The topological polar surface area (TPSA) is 29.5 Å². The van der Waals surface area contributed by atoms with Crippen molar-refractivity contribution in [3.05, 3.63) is 71.8 Å². The van der Waals surface area contributed by atoms with E-state index in [1.807, 2.05) is 60.7 Å². The summed E-state index contributed by atoms with van der Waals surface area (Å²) in [6.45, 7) is 3.55. The number of nitrogens with zero attached hydrogens (tertiary/aromatic N) is 1. The molecular formula is C20H23NO2. The summed E-state index contributed by atoms with van der Waals surface area (Å²) in [6.07, 6.45) is 2.51. The smallest absolute Gasteiger partial charge is 0.317 e. The highest BCUT2D eigenvalue weighted by molar-refractivity contribution is 5.82. The minimum Gasteiger partial charge on any atom is -0.464 e. The van der Waals surface area contributed by atoms with Crippen LogP contribution in [0.4, 0.5) is 0 Å². The largest absolute Gasteiger partial charge is 0.464 e. The Morgan fingerprint density at radius 3 is 1.96 bits per heavy atom. The third-order valence-electron chi connectivity index (χ3n) is 4.35. The average Bonchev–Trinajstić information content (AvgIpc) is 3.10. The third kappa shape index (κ3) is 4.20. The average molecular weight is 309 g/mol. The standard InChI is InChI=1S/C20H23NO2/c22-20(23-16-15-21-13-7-8-14-21)19(17-9-3-1-4-10-17)18-11-5-2-6-12-18/h1-6,9-12,19H,7-8,13-16H2. The summed E-state index contributed by atoms with van der Waals surface area (Å²) in [5.41, 5.74) is 1.95. The third-order valence-corrected chi connectivity index (χ3v) is 4.35. The molecule has 3 nitrogen and oxygen atoms in total. The molecule has 3 rings (SSSR count).